The van der Waals surface area contributed by atoms with Crippen molar-refractivity contribution in [1.29, 1.82) is 0 Å². The normalized spacial score (nSPS) is 12.9. The molecule has 0 bridgehead atoms. The minimum Gasteiger partial charge on any atom is -0.469 e. The lowest BCUT2D eigenvalue weighted by molar-refractivity contribution is -0.140. The largest absolute Gasteiger partial charge is 0.469 e. The fraction of sp³-hybridized carbons (Fsp3) is 0.700. The number of esters is 1. The molecule has 0 aliphatic rings. The topological polar surface area (TPSA) is 64.6 Å². The average Bonchev–Trinajstić information content (AvgIpc) is 1.99. The van der Waals surface area contributed by atoms with Gasteiger partial charge in [-0.1, -0.05) is 0 Å². The lowest BCUT2D eigenvalue weighted by atomic mass is 10.2. The molecule has 1 N–H and O–H groups in total. The number of alkyl carbamates (subject to hydrolysis) is 1. The zero-order valence-corrected chi connectivity index (χ0v) is 9.62. The second-order valence-corrected chi connectivity index (χ2v) is 4.12. The summed E-state index contributed by atoms with van der Waals surface area (Å²) in [6.45, 7) is 8.85. The Bertz CT molecular complexity index is 232. The van der Waals surface area contributed by atoms with Crippen molar-refractivity contribution in [2.75, 3.05) is 7.11 Å². The smallest absolute Gasteiger partial charge is 0.407 e. The molecule has 0 unspecified atom stereocenters. The second kappa shape index (κ2) is 5.58. The maximum atomic E-state index is 11.2. The number of carbonyl (C=O) groups is 2. The number of rotatable bonds is 3. The van der Waals surface area contributed by atoms with Gasteiger partial charge in [0.15, 0.2) is 0 Å². The van der Waals surface area contributed by atoms with Crippen LogP contribution in [0.2, 0.25) is 0 Å². The first-order valence-corrected chi connectivity index (χ1v) is 4.64. The molecule has 87 valence electrons. The molecule has 5 nitrogen and oxygen atoms in total. The highest BCUT2D eigenvalue weighted by Gasteiger charge is 2.18. The van der Waals surface area contributed by atoms with E-state index in [-0.39, 0.29) is 6.42 Å². The number of carbonyl (C=O) groups excluding carboxylic acids is 2. The van der Waals surface area contributed by atoms with Crippen molar-refractivity contribution < 1.29 is 19.1 Å². The van der Waals surface area contributed by atoms with E-state index in [2.05, 4.69) is 17.0 Å². The van der Waals surface area contributed by atoms with Crippen molar-refractivity contribution in [3.63, 3.8) is 0 Å². The lowest BCUT2D eigenvalue weighted by Crippen LogP contribution is -2.38. The van der Waals surface area contributed by atoms with Crippen LogP contribution in [0.25, 0.3) is 0 Å². The summed E-state index contributed by atoms with van der Waals surface area (Å²) >= 11 is 0. The molecule has 0 saturated heterocycles. The Labute approximate surface area is 90.1 Å². The second-order valence-electron chi connectivity index (χ2n) is 4.12. The lowest BCUT2D eigenvalue weighted by Gasteiger charge is -2.21. The fourth-order valence-electron chi connectivity index (χ4n) is 0.810. The number of amides is 1. The van der Waals surface area contributed by atoms with Crippen LogP contribution in [0.1, 0.15) is 27.2 Å². The van der Waals surface area contributed by atoms with Crippen LogP contribution < -0.4 is 5.32 Å². The molecule has 5 heteroatoms. The number of nitrogens with one attached hydrogen (secondary N) is 1. The number of hydrogen-bond acceptors (Lipinski definition) is 4. The van der Waals surface area contributed by atoms with Crippen LogP contribution in [0.3, 0.4) is 0 Å². The van der Waals surface area contributed by atoms with Gasteiger partial charge in [0.2, 0.25) is 0 Å². The van der Waals surface area contributed by atoms with E-state index in [9.17, 15) is 9.59 Å². The highest BCUT2D eigenvalue weighted by molar-refractivity contribution is 5.72. The van der Waals surface area contributed by atoms with Gasteiger partial charge in [0.05, 0.1) is 13.5 Å². The Hall–Kier alpha value is -1.26. The number of ether oxygens (including phenoxy) is 2. The van der Waals surface area contributed by atoms with E-state index < -0.39 is 23.7 Å². The first kappa shape index (κ1) is 13.7. The molecule has 0 aromatic heterocycles. The van der Waals surface area contributed by atoms with Crippen molar-refractivity contribution >= 4 is 12.1 Å². The quantitative estimate of drug-likeness (QED) is 0.722. The third-order valence-corrected chi connectivity index (χ3v) is 1.36. The molecule has 1 atom stereocenters. The summed E-state index contributed by atoms with van der Waals surface area (Å²) in [5.41, 5.74) is -0.560. The van der Waals surface area contributed by atoms with E-state index in [1.165, 1.54) is 7.11 Å². The molecule has 0 aliphatic carbocycles. The van der Waals surface area contributed by atoms with Gasteiger partial charge in [-0.3, -0.25) is 4.79 Å². The van der Waals surface area contributed by atoms with Crippen LogP contribution in [0.15, 0.2) is 0 Å². The van der Waals surface area contributed by atoms with Crippen molar-refractivity contribution in [3.8, 4) is 0 Å². The van der Waals surface area contributed by atoms with Crippen LogP contribution in [0.5, 0.6) is 0 Å². The summed E-state index contributed by atoms with van der Waals surface area (Å²) in [5, 5.41) is 2.43. The fourth-order valence-corrected chi connectivity index (χ4v) is 0.810. The van der Waals surface area contributed by atoms with Crippen LogP contribution in [0.4, 0.5) is 4.79 Å². The summed E-state index contributed by atoms with van der Waals surface area (Å²) < 4.78 is 9.41. The Morgan fingerprint density at radius 1 is 1.40 bits per heavy atom. The van der Waals surface area contributed by atoms with Crippen molar-refractivity contribution in [2.24, 2.45) is 0 Å². The molecule has 0 aromatic carbocycles. The summed E-state index contributed by atoms with van der Waals surface area (Å²) in [4.78, 5) is 22.0. The molecule has 0 fully saturated rings. The van der Waals surface area contributed by atoms with Crippen LogP contribution in [-0.4, -0.2) is 30.8 Å². The third kappa shape index (κ3) is 7.78. The molecule has 0 aliphatic heterocycles. The van der Waals surface area contributed by atoms with Gasteiger partial charge in [-0.25, -0.2) is 4.79 Å². The summed E-state index contributed by atoms with van der Waals surface area (Å²) in [5.74, 6) is -0.425. The minimum atomic E-state index is -0.591. The van der Waals surface area contributed by atoms with Crippen LogP contribution in [0, 0.1) is 6.92 Å². The standard InChI is InChI=1S/C10H18NO4/c1-7(6-8(12)14-5)11-9(13)15-10(2,3)4/h7H,1,6H2,2-5H3,(H,11,13)/t7-/m1/s1. The Balaban J connectivity index is 3.92. The van der Waals surface area contributed by atoms with E-state index in [4.69, 9.17) is 4.74 Å². The van der Waals surface area contributed by atoms with Gasteiger partial charge >= 0.3 is 12.1 Å². The average molecular weight is 216 g/mol. The first-order chi connectivity index (χ1) is 6.74. The summed E-state index contributed by atoms with van der Waals surface area (Å²) in [6, 6.07) is -0.549. The molecule has 1 radical (unpaired) electrons. The monoisotopic (exact) mass is 216 g/mol. The van der Waals surface area contributed by atoms with E-state index >= 15 is 0 Å². The van der Waals surface area contributed by atoms with Gasteiger partial charge in [-0.15, -0.1) is 0 Å². The van der Waals surface area contributed by atoms with E-state index in [1.54, 1.807) is 20.8 Å². The van der Waals surface area contributed by atoms with Crippen LogP contribution in [-0.2, 0) is 14.3 Å². The molecule has 0 heterocycles. The van der Waals surface area contributed by atoms with E-state index in [1.807, 2.05) is 0 Å². The third-order valence-electron chi connectivity index (χ3n) is 1.36. The molecule has 15 heavy (non-hydrogen) atoms. The molecule has 0 saturated carbocycles. The SMILES string of the molecule is [CH2][C@H](CC(=O)OC)NC(=O)OC(C)(C)C. The maximum Gasteiger partial charge on any atom is 0.407 e. The molecule has 0 aromatic rings. The molecule has 0 spiro atoms. The van der Waals surface area contributed by atoms with Crippen molar-refractivity contribution in [2.45, 2.75) is 38.8 Å². The van der Waals surface area contributed by atoms with Crippen molar-refractivity contribution in [3.05, 3.63) is 6.92 Å². The minimum absolute atomic E-state index is 0.0236. The predicted octanol–water partition coefficient (Wildman–Crippen LogP) is 1.28. The molecule has 0 rings (SSSR count). The zero-order valence-electron chi connectivity index (χ0n) is 9.62. The van der Waals surface area contributed by atoms with Gasteiger partial charge < -0.3 is 14.8 Å². The summed E-state index contributed by atoms with van der Waals surface area (Å²) in [7, 11) is 1.28. The van der Waals surface area contributed by atoms with Gasteiger partial charge in [-0.2, -0.15) is 0 Å². The predicted molar refractivity (Wildman–Crippen MR) is 55.1 cm³/mol. The molecule has 1 amide bonds. The molecular formula is C10H18NO4. The molecular weight excluding hydrogens is 198 g/mol. The van der Waals surface area contributed by atoms with E-state index in [0.29, 0.717) is 0 Å². The maximum absolute atomic E-state index is 11.2. The van der Waals surface area contributed by atoms with Gasteiger partial charge in [0, 0.05) is 6.04 Å². The zero-order chi connectivity index (χ0) is 12.1. The van der Waals surface area contributed by atoms with Crippen molar-refractivity contribution in [1.82, 2.24) is 5.32 Å². The van der Waals surface area contributed by atoms with E-state index in [0.717, 1.165) is 0 Å². The highest BCUT2D eigenvalue weighted by atomic mass is 16.6. The number of hydrogen-bond donors (Lipinski definition) is 1. The Morgan fingerprint density at radius 2 is 1.93 bits per heavy atom. The number of methoxy groups -OCH3 is 1. The van der Waals surface area contributed by atoms with Gasteiger partial charge in [-0.05, 0) is 27.7 Å². The Morgan fingerprint density at radius 3 is 2.33 bits per heavy atom. The first-order valence-electron chi connectivity index (χ1n) is 4.64. The Kier molecular flexibility index (Phi) is 5.11. The highest BCUT2D eigenvalue weighted by Crippen LogP contribution is 2.07. The van der Waals surface area contributed by atoms with Gasteiger partial charge in [0.25, 0.3) is 0 Å². The van der Waals surface area contributed by atoms with Gasteiger partial charge in [0.1, 0.15) is 5.60 Å². The summed E-state index contributed by atoms with van der Waals surface area (Å²) in [6.07, 6.45) is -0.568. The van der Waals surface area contributed by atoms with Crippen LogP contribution >= 0.6 is 0 Å².